The Morgan fingerprint density at radius 3 is 2.81 bits per heavy atom. The highest BCUT2D eigenvalue weighted by molar-refractivity contribution is 5.91. The van der Waals surface area contributed by atoms with Crippen LogP contribution in [0.3, 0.4) is 0 Å². The maximum atomic E-state index is 12.5. The Morgan fingerprint density at radius 1 is 1.19 bits per heavy atom. The maximum Gasteiger partial charge on any atom is 0.317 e. The van der Waals surface area contributed by atoms with Gasteiger partial charge in [0.15, 0.2) is 5.76 Å². The Morgan fingerprint density at radius 2 is 2.04 bits per heavy atom. The van der Waals surface area contributed by atoms with Crippen LogP contribution in [0.25, 0.3) is 0 Å². The number of furan rings is 1. The average Bonchev–Trinajstić information content (AvgIpc) is 3.02. The monoisotopic (exact) mass is 371 g/mol. The number of aryl methyl sites for hydroxylation is 1. The van der Waals surface area contributed by atoms with Crippen LogP contribution in [0.5, 0.6) is 0 Å². The van der Waals surface area contributed by atoms with Crippen LogP contribution < -0.4 is 15.5 Å². The van der Waals surface area contributed by atoms with Gasteiger partial charge >= 0.3 is 6.03 Å². The number of anilines is 1. The molecule has 0 bridgehead atoms. The van der Waals surface area contributed by atoms with E-state index in [0.29, 0.717) is 18.8 Å². The highest BCUT2D eigenvalue weighted by Gasteiger charge is 2.20. The van der Waals surface area contributed by atoms with E-state index in [0.717, 1.165) is 25.1 Å². The molecule has 0 aliphatic carbocycles. The van der Waals surface area contributed by atoms with E-state index < -0.39 is 0 Å². The number of nitrogens with one attached hydrogen (secondary N) is 2. The van der Waals surface area contributed by atoms with Crippen molar-refractivity contribution in [1.82, 2.24) is 20.5 Å². The largest absolute Gasteiger partial charge is 0.454 e. The normalized spacial score (nSPS) is 14.6. The first kappa shape index (κ1) is 18.8. The van der Waals surface area contributed by atoms with Gasteiger partial charge in [-0.25, -0.2) is 4.79 Å². The summed E-state index contributed by atoms with van der Waals surface area (Å²) >= 11 is 0. The van der Waals surface area contributed by atoms with Gasteiger partial charge in [0, 0.05) is 51.3 Å². The van der Waals surface area contributed by atoms with E-state index >= 15 is 0 Å². The van der Waals surface area contributed by atoms with Gasteiger partial charge in [0.05, 0.1) is 6.54 Å². The number of rotatable bonds is 4. The minimum atomic E-state index is -0.286. The second-order valence-corrected chi connectivity index (χ2v) is 6.49. The highest BCUT2D eigenvalue weighted by atomic mass is 16.4. The predicted molar refractivity (Wildman–Crippen MR) is 102 cm³/mol. The van der Waals surface area contributed by atoms with Crippen LogP contribution in [-0.4, -0.2) is 55.0 Å². The summed E-state index contributed by atoms with van der Waals surface area (Å²) in [4.78, 5) is 32.3. The summed E-state index contributed by atoms with van der Waals surface area (Å²) < 4.78 is 5.43. The number of hydrogen-bond acceptors (Lipinski definition) is 5. The summed E-state index contributed by atoms with van der Waals surface area (Å²) in [6, 6.07) is 5.19. The van der Waals surface area contributed by atoms with Crippen LogP contribution >= 0.6 is 0 Å². The van der Waals surface area contributed by atoms with Crippen LogP contribution in [0, 0.1) is 6.92 Å². The molecule has 2 aromatic rings. The zero-order valence-electron chi connectivity index (χ0n) is 15.7. The van der Waals surface area contributed by atoms with Crippen LogP contribution in [0.1, 0.15) is 28.3 Å². The van der Waals surface area contributed by atoms with Gasteiger partial charge in [0.1, 0.15) is 5.76 Å². The highest BCUT2D eigenvalue weighted by Crippen LogP contribution is 2.20. The fourth-order valence-corrected chi connectivity index (χ4v) is 3.18. The predicted octanol–water partition coefficient (Wildman–Crippen LogP) is 1.76. The summed E-state index contributed by atoms with van der Waals surface area (Å²) in [6.45, 7) is 5.33. The molecule has 2 aromatic heterocycles. The maximum absolute atomic E-state index is 12.5. The molecule has 1 saturated heterocycles. The molecule has 1 aliphatic heterocycles. The van der Waals surface area contributed by atoms with Gasteiger partial charge in [-0.2, -0.15) is 0 Å². The average molecular weight is 371 g/mol. The molecule has 144 valence electrons. The third kappa shape index (κ3) is 4.58. The zero-order chi connectivity index (χ0) is 19.2. The first-order valence-electron chi connectivity index (χ1n) is 9.07. The summed E-state index contributed by atoms with van der Waals surface area (Å²) in [6.07, 6.45) is 4.56. The molecule has 3 rings (SSSR count). The third-order valence-corrected chi connectivity index (χ3v) is 4.64. The summed E-state index contributed by atoms with van der Waals surface area (Å²) in [7, 11) is 1.54. The Kier molecular flexibility index (Phi) is 5.95. The van der Waals surface area contributed by atoms with Crippen molar-refractivity contribution in [2.45, 2.75) is 19.9 Å². The molecule has 3 heterocycles. The fraction of sp³-hybridized carbons (Fsp3) is 0.421. The lowest BCUT2D eigenvalue weighted by molar-refractivity contribution is 0.0934. The molecular formula is C19H25N5O3. The van der Waals surface area contributed by atoms with Gasteiger partial charge in [0.2, 0.25) is 0 Å². The number of carbonyl (C=O) groups is 2. The quantitative estimate of drug-likeness (QED) is 0.855. The molecule has 0 atom stereocenters. The van der Waals surface area contributed by atoms with Crippen molar-refractivity contribution >= 4 is 17.6 Å². The Balaban J connectivity index is 1.53. The molecule has 27 heavy (non-hydrogen) atoms. The molecular weight excluding hydrogens is 346 g/mol. The molecule has 3 amide bonds. The van der Waals surface area contributed by atoms with Crippen molar-refractivity contribution < 1.29 is 14.0 Å². The van der Waals surface area contributed by atoms with Gasteiger partial charge in [0.25, 0.3) is 5.91 Å². The van der Waals surface area contributed by atoms with Crippen LogP contribution in [0.15, 0.2) is 35.0 Å². The van der Waals surface area contributed by atoms with Gasteiger partial charge in [-0.1, -0.05) is 0 Å². The second kappa shape index (κ2) is 8.57. The van der Waals surface area contributed by atoms with Crippen LogP contribution in [-0.2, 0) is 6.54 Å². The SMILES string of the molecule is CNC(=O)c1ccc(CNC(=O)N2CCCN(c3ccncc3C)CC2)o1. The molecule has 0 spiro atoms. The lowest BCUT2D eigenvalue weighted by atomic mass is 10.2. The molecule has 1 fully saturated rings. The summed E-state index contributed by atoms with van der Waals surface area (Å²) in [5, 5.41) is 5.37. The third-order valence-electron chi connectivity index (χ3n) is 4.64. The number of amides is 3. The van der Waals surface area contributed by atoms with E-state index in [1.165, 1.54) is 5.69 Å². The minimum Gasteiger partial charge on any atom is -0.454 e. The van der Waals surface area contributed by atoms with E-state index in [-0.39, 0.29) is 24.2 Å². The standard InChI is InChI=1S/C19H25N5O3/c1-14-12-21-7-6-16(14)23-8-3-9-24(11-10-23)19(26)22-13-15-4-5-17(27-15)18(25)20-2/h4-7,12H,3,8-11,13H2,1-2H3,(H,20,25)(H,22,26). The fourth-order valence-electron chi connectivity index (χ4n) is 3.18. The number of aromatic nitrogens is 1. The Labute approximate surface area is 158 Å². The van der Waals surface area contributed by atoms with Crippen LogP contribution in [0.4, 0.5) is 10.5 Å². The number of nitrogens with zero attached hydrogens (tertiary/aromatic N) is 3. The van der Waals surface area contributed by atoms with E-state index in [1.807, 2.05) is 24.1 Å². The zero-order valence-corrected chi connectivity index (χ0v) is 15.7. The smallest absolute Gasteiger partial charge is 0.317 e. The van der Waals surface area contributed by atoms with Gasteiger partial charge in [-0.15, -0.1) is 0 Å². The minimum absolute atomic E-state index is 0.124. The molecule has 0 saturated carbocycles. The van der Waals surface area contributed by atoms with E-state index in [2.05, 4.69) is 20.5 Å². The number of hydrogen-bond donors (Lipinski definition) is 2. The van der Waals surface area contributed by atoms with Crippen molar-refractivity contribution in [3.05, 3.63) is 47.7 Å². The van der Waals surface area contributed by atoms with E-state index in [4.69, 9.17) is 4.42 Å². The van der Waals surface area contributed by atoms with Crippen molar-refractivity contribution in [3.63, 3.8) is 0 Å². The molecule has 8 heteroatoms. The van der Waals surface area contributed by atoms with E-state index in [1.54, 1.807) is 25.4 Å². The van der Waals surface area contributed by atoms with Crippen molar-refractivity contribution in [3.8, 4) is 0 Å². The topological polar surface area (TPSA) is 90.7 Å². The number of urea groups is 1. The Hall–Kier alpha value is -3.03. The van der Waals surface area contributed by atoms with Gasteiger partial charge in [-0.05, 0) is 37.1 Å². The van der Waals surface area contributed by atoms with Gasteiger partial charge in [-0.3, -0.25) is 9.78 Å². The molecule has 0 radical (unpaired) electrons. The number of carbonyl (C=O) groups excluding carboxylic acids is 2. The Bertz CT molecular complexity index is 804. The molecule has 0 aromatic carbocycles. The van der Waals surface area contributed by atoms with Crippen molar-refractivity contribution in [2.24, 2.45) is 0 Å². The van der Waals surface area contributed by atoms with E-state index in [9.17, 15) is 9.59 Å². The number of pyridine rings is 1. The molecule has 1 aliphatic rings. The lowest BCUT2D eigenvalue weighted by Crippen LogP contribution is -2.41. The summed E-state index contributed by atoms with van der Waals surface area (Å²) in [5.41, 5.74) is 2.31. The first-order chi connectivity index (χ1) is 13.1. The molecule has 8 nitrogen and oxygen atoms in total. The van der Waals surface area contributed by atoms with Gasteiger partial charge < -0.3 is 24.9 Å². The second-order valence-electron chi connectivity index (χ2n) is 6.49. The first-order valence-corrected chi connectivity index (χ1v) is 9.07. The van der Waals surface area contributed by atoms with Crippen LogP contribution in [0.2, 0.25) is 0 Å². The molecule has 2 N–H and O–H groups in total. The lowest BCUT2D eigenvalue weighted by Gasteiger charge is -2.25. The van der Waals surface area contributed by atoms with Crippen molar-refractivity contribution in [1.29, 1.82) is 0 Å². The van der Waals surface area contributed by atoms with Crippen molar-refractivity contribution in [2.75, 3.05) is 38.1 Å². The molecule has 0 unspecified atom stereocenters. The summed E-state index contributed by atoms with van der Waals surface area (Å²) in [5.74, 6) is 0.497.